The maximum absolute atomic E-state index is 12.6. The van der Waals surface area contributed by atoms with Crippen molar-refractivity contribution >= 4 is 11.6 Å². The van der Waals surface area contributed by atoms with Crippen LogP contribution in [-0.4, -0.2) is 12.5 Å². The molecular weight excluding hydrogens is 234 g/mol. The topological polar surface area (TPSA) is 20.3 Å². The molecule has 2 heteroatoms. The highest BCUT2D eigenvalue weighted by Crippen LogP contribution is 2.22. The normalized spacial score (nSPS) is 11.9. The molecule has 0 heterocycles. The Kier molecular flexibility index (Phi) is 4.35. The number of amides is 1. The Bertz CT molecular complexity index is 521. The van der Waals surface area contributed by atoms with E-state index in [2.05, 4.69) is 0 Å². The summed E-state index contributed by atoms with van der Waals surface area (Å²) in [6.07, 6.45) is 0. The summed E-state index contributed by atoms with van der Waals surface area (Å²) in [6, 6.07) is 19.7. The van der Waals surface area contributed by atoms with Crippen LogP contribution in [-0.2, 0) is 4.79 Å². The van der Waals surface area contributed by atoms with Crippen molar-refractivity contribution in [3.05, 3.63) is 66.2 Å². The molecule has 0 aliphatic carbocycles. The molecule has 2 nitrogen and oxygen atoms in total. The number of likely N-dealkylation sites (N-methyl/N-ethyl adjacent to an activating group) is 1. The van der Waals surface area contributed by atoms with E-state index >= 15 is 0 Å². The average Bonchev–Trinajstić information content (AvgIpc) is 2.49. The van der Waals surface area contributed by atoms with Crippen LogP contribution in [0.15, 0.2) is 60.7 Å². The van der Waals surface area contributed by atoms with E-state index in [1.807, 2.05) is 79.4 Å². The van der Waals surface area contributed by atoms with Gasteiger partial charge in [0.25, 0.3) is 0 Å². The fraction of sp³-hybridized carbons (Fsp3) is 0.235. The van der Waals surface area contributed by atoms with Crippen molar-refractivity contribution in [2.45, 2.75) is 19.8 Å². The number of hydrogen-bond donors (Lipinski definition) is 0. The van der Waals surface area contributed by atoms with Crippen molar-refractivity contribution in [1.82, 2.24) is 0 Å². The van der Waals surface area contributed by atoms with E-state index in [1.54, 1.807) is 0 Å². The van der Waals surface area contributed by atoms with Crippen LogP contribution in [0.4, 0.5) is 5.69 Å². The molecule has 1 amide bonds. The molecule has 1 atom stereocenters. The Labute approximate surface area is 114 Å². The van der Waals surface area contributed by atoms with Gasteiger partial charge in [-0.25, -0.2) is 0 Å². The molecule has 0 bridgehead atoms. The molecule has 2 aromatic rings. The summed E-state index contributed by atoms with van der Waals surface area (Å²) in [7, 11) is 0. The third kappa shape index (κ3) is 3.02. The number of benzene rings is 2. The maximum atomic E-state index is 12.6. The Morgan fingerprint density at radius 3 is 2.05 bits per heavy atom. The molecule has 0 N–H and O–H groups in total. The first-order chi connectivity index (χ1) is 9.24. The second-order valence-corrected chi connectivity index (χ2v) is 4.55. The van der Waals surface area contributed by atoms with Gasteiger partial charge in [-0.15, -0.1) is 0 Å². The first-order valence-corrected chi connectivity index (χ1v) is 6.65. The zero-order chi connectivity index (χ0) is 13.7. The van der Waals surface area contributed by atoms with Crippen molar-refractivity contribution in [1.29, 1.82) is 0 Å². The van der Waals surface area contributed by atoms with Crippen molar-refractivity contribution < 1.29 is 4.79 Å². The van der Waals surface area contributed by atoms with Crippen molar-refractivity contribution in [2.75, 3.05) is 11.4 Å². The third-order valence-electron chi connectivity index (χ3n) is 3.32. The molecule has 0 aliphatic heterocycles. The molecule has 19 heavy (non-hydrogen) atoms. The molecule has 0 fully saturated rings. The van der Waals surface area contributed by atoms with Crippen molar-refractivity contribution in [2.24, 2.45) is 0 Å². The fourth-order valence-corrected chi connectivity index (χ4v) is 2.19. The number of anilines is 1. The van der Waals surface area contributed by atoms with Crippen LogP contribution in [0.2, 0.25) is 0 Å². The van der Waals surface area contributed by atoms with Crippen molar-refractivity contribution in [3.8, 4) is 0 Å². The quantitative estimate of drug-likeness (QED) is 0.810. The van der Waals surface area contributed by atoms with Gasteiger partial charge in [-0.2, -0.15) is 0 Å². The molecular formula is C17H19NO. The van der Waals surface area contributed by atoms with Gasteiger partial charge in [-0.3, -0.25) is 4.79 Å². The van der Waals surface area contributed by atoms with Crippen LogP contribution in [0.1, 0.15) is 25.3 Å². The van der Waals surface area contributed by atoms with Gasteiger partial charge in [0.1, 0.15) is 0 Å². The highest BCUT2D eigenvalue weighted by Gasteiger charge is 2.21. The van der Waals surface area contributed by atoms with Gasteiger partial charge in [0.15, 0.2) is 0 Å². The minimum absolute atomic E-state index is 0.124. The number of hydrogen-bond acceptors (Lipinski definition) is 1. The number of para-hydroxylation sites is 1. The number of carbonyl (C=O) groups is 1. The van der Waals surface area contributed by atoms with Gasteiger partial charge >= 0.3 is 0 Å². The van der Waals surface area contributed by atoms with E-state index in [1.165, 1.54) is 0 Å². The van der Waals surface area contributed by atoms with E-state index in [0.717, 1.165) is 11.3 Å². The van der Waals surface area contributed by atoms with E-state index in [-0.39, 0.29) is 11.8 Å². The second-order valence-electron chi connectivity index (χ2n) is 4.55. The lowest BCUT2D eigenvalue weighted by atomic mass is 9.99. The maximum Gasteiger partial charge on any atom is 0.234 e. The monoisotopic (exact) mass is 253 g/mol. The largest absolute Gasteiger partial charge is 0.312 e. The molecule has 2 aromatic carbocycles. The first-order valence-electron chi connectivity index (χ1n) is 6.65. The van der Waals surface area contributed by atoms with Crippen molar-refractivity contribution in [3.63, 3.8) is 0 Å². The highest BCUT2D eigenvalue weighted by molar-refractivity contribution is 5.97. The second kappa shape index (κ2) is 6.19. The van der Waals surface area contributed by atoms with Gasteiger partial charge < -0.3 is 4.90 Å². The lowest BCUT2D eigenvalue weighted by Gasteiger charge is -2.24. The minimum Gasteiger partial charge on any atom is -0.312 e. The van der Waals surface area contributed by atoms with Gasteiger partial charge in [-0.1, -0.05) is 48.5 Å². The van der Waals surface area contributed by atoms with Crippen LogP contribution in [0.25, 0.3) is 0 Å². The highest BCUT2D eigenvalue weighted by atomic mass is 16.2. The van der Waals surface area contributed by atoms with E-state index in [4.69, 9.17) is 0 Å². The van der Waals surface area contributed by atoms with Crippen LogP contribution >= 0.6 is 0 Å². The van der Waals surface area contributed by atoms with Gasteiger partial charge in [0.05, 0.1) is 5.92 Å². The summed E-state index contributed by atoms with van der Waals surface area (Å²) in [5.74, 6) is 0.0151. The Hall–Kier alpha value is -2.09. The predicted molar refractivity (Wildman–Crippen MR) is 79.3 cm³/mol. The summed E-state index contributed by atoms with van der Waals surface area (Å²) in [6.45, 7) is 4.64. The average molecular weight is 253 g/mol. The molecule has 0 saturated heterocycles. The molecule has 0 aromatic heterocycles. The fourth-order valence-electron chi connectivity index (χ4n) is 2.19. The Morgan fingerprint density at radius 2 is 1.53 bits per heavy atom. The number of carbonyl (C=O) groups excluding carboxylic acids is 1. The smallest absolute Gasteiger partial charge is 0.234 e. The molecule has 98 valence electrons. The lowest BCUT2D eigenvalue weighted by molar-refractivity contribution is -0.119. The van der Waals surface area contributed by atoms with Gasteiger partial charge in [0.2, 0.25) is 5.91 Å². The van der Waals surface area contributed by atoms with Crippen LogP contribution < -0.4 is 4.90 Å². The van der Waals surface area contributed by atoms with E-state index in [9.17, 15) is 4.79 Å². The van der Waals surface area contributed by atoms with Gasteiger partial charge in [0, 0.05) is 12.2 Å². The summed E-state index contributed by atoms with van der Waals surface area (Å²) in [5.41, 5.74) is 2.01. The molecule has 2 rings (SSSR count). The Balaban J connectivity index is 2.22. The van der Waals surface area contributed by atoms with E-state index < -0.39 is 0 Å². The zero-order valence-electron chi connectivity index (χ0n) is 11.4. The summed E-state index contributed by atoms with van der Waals surface area (Å²) >= 11 is 0. The van der Waals surface area contributed by atoms with E-state index in [0.29, 0.717) is 6.54 Å². The standard InChI is InChI=1S/C17H19NO/c1-3-18(16-12-8-5-9-13-16)17(19)14(2)15-10-6-4-7-11-15/h4-14H,3H2,1-2H3. The number of rotatable bonds is 4. The predicted octanol–water partition coefficient (Wildman–Crippen LogP) is 3.84. The molecule has 0 spiro atoms. The number of nitrogens with zero attached hydrogens (tertiary/aromatic N) is 1. The zero-order valence-corrected chi connectivity index (χ0v) is 11.4. The molecule has 0 aliphatic rings. The SMILES string of the molecule is CCN(C(=O)C(C)c1ccccc1)c1ccccc1. The summed E-state index contributed by atoms with van der Waals surface area (Å²) < 4.78 is 0. The first kappa shape index (κ1) is 13.3. The van der Waals surface area contributed by atoms with Crippen LogP contribution in [0.5, 0.6) is 0 Å². The minimum atomic E-state index is -0.124. The summed E-state index contributed by atoms with van der Waals surface area (Å²) in [5, 5.41) is 0. The molecule has 0 saturated carbocycles. The van der Waals surface area contributed by atoms with Crippen LogP contribution in [0, 0.1) is 0 Å². The third-order valence-corrected chi connectivity index (χ3v) is 3.32. The molecule has 0 radical (unpaired) electrons. The lowest BCUT2D eigenvalue weighted by Crippen LogP contribution is -2.34. The summed E-state index contributed by atoms with van der Waals surface area (Å²) in [4.78, 5) is 14.4. The van der Waals surface area contributed by atoms with Gasteiger partial charge in [-0.05, 0) is 31.5 Å². The Morgan fingerprint density at radius 1 is 1.00 bits per heavy atom. The molecule has 1 unspecified atom stereocenters. The van der Waals surface area contributed by atoms with Crippen LogP contribution in [0.3, 0.4) is 0 Å².